The summed E-state index contributed by atoms with van der Waals surface area (Å²) in [7, 11) is 0. The predicted octanol–water partition coefficient (Wildman–Crippen LogP) is -1.02. The summed E-state index contributed by atoms with van der Waals surface area (Å²) in [5, 5.41) is 29.6. The lowest BCUT2D eigenvalue weighted by Crippen LogP contribution is -2.28. The highest BCUT2D eigenvalue weighted by atomic mass is 16.4. The van der Waals surface area contributed by atoms with Gasteiger partial charge in [0.15, 0.2) is 0 Å². The number of hydrogen-bond donors (Lipinski definition) is 1. The predicted molar refractivity (Wildman–Crippen MR) is 46.5 cm³/mol. The molecule has 0 saturated carbocycles. The molecule has 0 aliphatic carbocycles. The van der Waals surface area contributed by atoms with Crippen LogP contribution in [0, 0.1) is 0 Å². The molecule has 78 valence electrons. The summed E-state index contributed by atoms with van der Waals surface area (Å²) in [5.74, 6) is -3.59. The van der Waals surface area contributed by atoms with E-state index in [0.29, 0.717) is 5.56 Å². The van der Waals surface area contributed by atoms with Crippen molar-refractivity contribution in [1.82, 2.24) is 0 Å². The molecule has 1 rings (SSSR count). The van der Waals surface area contributed by atoms with Gasteiger partial charge in [-0.2, -0.15) is 0 Å². The van der Waals surface area contributed by atoms with Gasteiger partial charge in [0.1, 0.15) is 0 Å². The number of rotatable bonds is 3. The van der Waals surface area contributed by atoms with E-state index >= 15 is 0 Å². The third-order valence-electron chi connectivity index (χ3n) is 1.64. The van der Waals surface area contributed by atoms with Crippen LogP contribution in [0.1, 0.15) is 5.56 Å². The van der Waals surface area contributed by atoms with E-state index in [1.807, 2.05) is 0 Å². The first-order valence-corrected chi connectivity index (χ1v) is 3.94. The van der Waals surface area contributed by atoms with Crippen LogP contribution in [0.15, 0.2) is 29.8 Å². The molecule has 0 aromatic heterocycles. The van der Waals surface area contributed by atoms with Gasteiger partial charge in [0.05, 0.1) is 11.5 Å². The zero-order valence-corrected chi connectivity index (χ0v) is 7.47. The molecule has 0 amide bonds. The summed E-state index contributed by atoms with van der Waals surface area (Å²) in [5.41, 5.74) is -0.537. The fourth-order valence-electron chi connectivity index (χ4n) is 0.939. The van der Waals surface area contributed by atoms with Gasteiger partial charge in [0.2, 0.25) is 0 Å². The zero-order chi connectivity index (χ0) is 11.4. The standard InChI is InChI=1S/C10H8O5/c11-7-3-1-6(2-4-7)5-8(9(12)13)10(14)15/h1-5,11H,(H,12,13)(H,14,15)/p-2. The Morgan fingerprint density at radius 3 is 2.13 bits per heavy atom. The van der Waals surface area contributed by atoms with Gasteiger partial charge >= 0.3 is 5.97 Å². The summed E-state index contributed by atoms with van der Waals surface area (Å²) in [4.78, 5) is 20.9. The number of carbonyl (C=O) groups is 2. The SMILES string of the molecule is O=C([O-])/C(=C/c1ccc([O-])cc1)C(=O)O. The first kappa shape index (κ1) is 10.8. The minimum Gasteiger partial charge on any atom is -0.872 e. The lowest BCUT2D eigenvalue weighted by molar-refractivity contribution is -0.298. The van der Waals surface area contributed by atoms with Crippen LogP contribution >= 0.6 is 0 Å². The van der Waals surface area contributed by atoms with Crippen LogP contribution in [0.25, 0.3) is 6.08 Å². The highest BCUT2D eigenvalue weighted by Crippen LogP contribution is 2.10. The molecule has 0 saturated heterocycles. The number of carbonyl (C=O) groups excluding carboxylic acids is 1. The Balaban J connectivity index is 3.08. The molecule has 0 spiro atoms. The Morgan fingerprint density at radius 2 is 1.73 bits per heavy atom. The van der Waals surface area contributed by atoms with Gasteiger partial charge < -0.3 is 20.1 Å². The van der Waals surface area contributed by atoms with Gasteiger partial charge in [-0.25, -0.2) is 4.79 Å². The highest BCUT2D eigenvalue weighted by Gasteiger charge is 2.07. The second-order valence-electron chi connectivity index (χ2n) is 2.72. The normalized spacial score (nSPS) is 11.1. The van der Waals surface area contributed by atoms with Crippen molar-refractivity contribution in [2.24, 2.45) is 0 Å². The van der Waals surface area contributed by atoms with Crippen LogP contribution in [0.3, 0.4) is 0 Å². The number of benzene rings is 1. The molecule has 1 N–H and O–H groups in total. The van der Waals surface area contributed by atoms with Gasteiger partial charge in [0.25, 0.3) is 0 Å². The Morgan fingerprint density at radius 1 is 1.20 bits per heavy atom. The minimum absolute atomic E-state index is 0.238. The maximum atomic E-state index is 10.7. The molecule has 0 bridgehead atoms. The summed E-state index contributed by atoms with van der Waals surface area (Å²) in [6.07, 6.45) is 0.928. The minimum atomic E-state index is -1.77. The lowest BCUT2D eigenvalue weighted by Gasteiger charge is -2.05. The van der Waals surface area contributed by atoms with E-state index in [-0.39, 0.29) is 5.75 Å². The molecule has 15 heavy (non-hydrogen) atoms. The van der Waals surface area contributed by atoms with E-state index in [2.05, 4.69) is 0 Å². The van der Waals surface area contributed by atoms with Gasteiger partial charge in [-0.3, -0.25) is 0 Å². The summed E-state index contributed by atoms with van der Waals surface area (Å²) in [6.45, 7) is 0. The molecular weight excluding hydrogens is 200 g/mol. The molecule has 0 heterocycles. The molecule has 0 atom stereocenters. The Bertz CT molecular complexity index is 400. The number of carboxylic acids is 2. The average Bonchev–Trinajstić information content (AvgIpc) is 2.15. The van der Waals surface area contributed by atoms with E-state index in [1.165, 1.54) is 24.3 Å². The maximum Gasteiger partial charge on any atom is 0.337 e. The summed E-state index contributed by atoms with van der Waals surface area (Å²) < 4.78 is 0. The van der Waals surface area contributed by atoms with Crippen molar-refractivity contribution in [2.45, 2.75) is 0 Å². The van der Waals surface area contributed by atoms with Crippen molar-refractivity contribution in [3.05, 3.63) is 35.4 Å². The lowest BCUT2D eigenvalue weighted by atomic mass is 10.1. The summed E-state index contributed by atoms with van der Waals surface area (Å²) >= 11 is 0. The molecule has 5 nitrogen and oxygen atoms in total. The molecule has 0 aliphatic rings. The van der Waals surface area contributed by atoms with Crippen molar-refractivity contribution in [3.8, 4) is 5.75 Å². The monoisotopic (exact) mass is 206 g/mol. The maximum absolute atomic E-state index is 10.7. The van der Waals surface area contributed by atoms with Gasteiger partial charge in [-0.05, 0) is 11.6 Å². The van der Waals surface area contributed by atoms with Crippen molar-refractivity contribution in [3.63, 3.8) is 0 Å². The zero-order valence-electron chi connectivity index (χ0n) is 7.47. The van der Waals surface area contributed by atoms with E-state index in [0.717, 1.165) is 6.08 Å². The number of aliphatic carboxylic acids is 2. The van der Waals surface area contributed by atoms with Crippen molar-refractivity contribution in [2.75, 3.05) is 0 Å². The van der Waals surface area contributed by atoms with Crippen LogP contribution in [0.4, 0.5) is 0 Å². The third-order valence-corrected chi connectivity index (χ3v) is 1.64. The molecule has 0 fully saturated rings. The molecule has 1 aromatic rings. The Kier molecular flexibility index (Phi) is 3.07. The van der Waals surface area contributed by atoms with Gasteiger partial charge in [-0.1, -0.05) is 24.3 Å². The van der Waals surface area contributed by atoms with Crippen molar-refractivity contribution in [1.29, 1.82) is 0 Å². The molecule has 0 unspecified atom stereocenters. The first-order valence-electron chi connectivity index (χ1n) is 3.94. The molecule has 5 heteroatoms. The number of carboxylic acid groups (broad SMARTS) is 2. The van der Waals surface area contributed by atoms with Crippen LogP contribution < -0.4 is 10.2 Å². The highest BCUT2D eigenvalue weighted by molar-refractivity contribution is 6.15. The topological polar surface area (TPSA) is 100 Å². The van der Waals surface area contributed by atoms with E-state index in [9.17, 15) is 19.8 Å². The van der Waals surface area contributed by atoms with E-state index in [1.54, 1.807) is 0 Å². The van der Waals surface area contributed by atoms with Crippen LogP contribution in [-0.4, -0.2) is 17.0 Å². The number of hydrogen-bond acceptors (Lipinski definition) is 4. The molecular formula is C10H6O5-2. The van der Waals surface area contributed by atoms with E-state index in [4.69, 9.17) is 5.11 Å². The van der Waals surface area contributed by atoms with Crippen LogP contribution in [0.2, 0.25) is 0 Å². The second kappa shape index (κ2) is 4.28. The fraction of sp³-hybridized carbons (Fsp3) is 0. The van der Waals surface area contributed by atoms with Crippen molar-refractivity contribution < 1.29 is 24.9 Å². The van der Waals surface area contributed by atoms with Crippen LogP contribution in [0.5, 0.6) is 5.75 Å². The van der Waals surface area contributed by atoms with Gasteiger partial charge in [0, 0.05) is 0 Å². The molecule has 0 aliphatic heterocycles. The second-order valence-corrected chi connectivity index (χ2v) is 2.72. The largest absolute Gasteiger partial charge is 0.872 e. The third kappa shape index (κ3) is 2.84. The smallest absolute Gasteiger partial charge is 0.337 e. The van der Waals surface area contributed by atoms with E-state index < -0.39 is 17.5 Å². The Labute approximate surface area is 84.9 Å². The average molecular weight is 206 g/mol. The van der Waals surface area contributed by atoms with Crippen LogP contribution in [-0.2, 0) is 9.59 Å². The molecule has 1 aromatic carbocycles. The molecule has 0 radical (unpaired) electrons. The summed E-state index contributed by atoms with van der Waals surface area (Å²) in [6, 6.07) is 5.07. The van der Waals surface area contributed by atoms with Gasteiger partial charge in [-0.15, -0.1) is 5.75 Å². The first-order chi connectivity index (χ1) is 7.00. The Hall–Kier alpha value is -2.30. The fourth-order valence-corrected chi connectivity index (χ4v) is 0.939. The quantitative estimate of drug-likeness (QED) is 0.387. The van der Waals surface area contributed by atoms with Crippen molar-refractivity contribution >= 4 is 18.0 Å².